The maximum absolute atomic E-state index is 12.4. The van der Waals surface area contributed by atoms with Gasteiger partial charge in [0.25, 0.3) is 5.91 Å². The highest BCUT2D eigenvalue weighted by Crippen LogP contribution is 2.19. The number of amides is 2. The van der Waals surface area contributed by atoms with Crippen molar-refractivity contribution in [2.45, 2.75) is 13.5 Å². The Morgan fingerprint density at radius 2 is 1.62 bits per heavy atom. The predicted molar refractivity (Wildman–Crippen MR) is 104 cm³/mol. The van der Waals surface area contributed by atoms with Crippen LogP contribution in [0.3, 0.4) is 0 Å². The number of fused-ring (bicyclic) bond motifs is 1. The minimum atomic E-state index is -0.227. The minimum Gasteiger partial charge on any atom is -0.343 e. The van der Waals surface area contributed by atoms with Gasteiger partial charge in [0.1, 0.15) is 0 Å². The molecule has 0 radical (unpaired) electrons. The molecule has 4 heteroatoms. The highest BCUT2D eigenvalue weighted by Gasteiger charge is 2.14. The molecule has 0 saturated heterocycles. The van der Waals surface area contributed by atoms with E-state index in [1.165, 1.54) is 0 Å². The van der Waals surface area contributed by atoms with E-state index >= 15 is 0 Å². The van der Waals surface area contributed by atoms with Crippen LogP contribution in [0.4, 0.5) is 0 Å². The van der Waals surface area contributed by atoms with Crippen LogP contribution in [0, 0.1) is 6.92 Å². The van der Waals surface area contributed by atoms with E-state index < -0.39 is 0 Å². The second-order valence-electron chi connectivity index (χ2n) is 6.39. The van der Waals surface area contributed by atoms with E-state index in [1.807, 2.05) is 49.4 Å². The Balaban J connectivity index is 1.63. The van der Waals surface area contributed by atoms with Crippen molar-refractivity contribution < 1.29 is 9.59 Å². The SMILES string of the molecule is Cc1ccccc1C(=O)NCC(=O)N(C)Cc1cccc2ccccc12. The number of aryl methyl sites for hydroxylation is 1. The maximum atomic E-state index is 12.4. The normalized spacial score (nSPS) is 10.5. The van der Waals surface area contributed by atoms with E-state index in [-0.39, 0.29) is 18.4 Å². The highest BCUT2D eigenvalue weighted by atomic mass is 16.2. The number of nitrogens with one attached hydrogen (secondary N) is 1. The Morgan fingerprint density at radius 1 is 0.923 bits per heavy atom. The number of rotatable bonds is 5. The van der Waals surface area contributed by atoms with Crippen molar-refractivity contribution in [2.75, 3.05) is 13.6 Å². The molecule has 4 nitrogen and oxygen atoms in total. The number of hydrogen-bond donors (Lipinski definition) is 1. The van der Waals surface area contributed by atoms with E-state index in [0.717, 1.165) is 21.9 Å². The van der Waals surface area contributed by atoms with Crippen molar-refractivity contribution in [3.63, 3.8) is 0 Å². The first-order chi connectivity index (χ1) is 12.6. The third-order valence-corrected chi connectivity index (χ3v) is 4.50. The molecule has 0 aliphatic carbocycles. The molecule has 1 N–H and O–H groups in total. The first-order valence-corrected chi connectivity index (χ1v) is 8.60. The Hall–Kier alpha value is -3.14. The average molecular weight is 346 g/mol. The summed E-state index contributed by atoms with van der Waals surface area (Å²) in [5, 5.41) is 5.00. The highest BCUT2D eigenvalue weighted by molar-refractivity contribution is 5.97. The number of likely N-dealkylation sites (N-methyl/N-ethyl adjacent to an activating group) is 1. The van der Waals surface area contributed by atoms with Crippen LogP contribution in [0.25, 0.3) is 10.8 Å². The molecule has 0 aliphatic heterocycles. The Labute approximate surface area is 153 Å². The smallest absolute Gasteiger partial charge is 0.251 e. The molecule has 0 aliphatic rings. The zero-order valence-electron chi connectivity index (χ0n) is 15.0. The Bertz CT molecular complexity index is 944. The van der Waals surface area contributed by atoms with Crippen LogP contribution in [0.15, 0.2) is 66.7 Å². The molecule has 0 fully saturated rings. The zero-order valence-corrected chi connectivity index (χ0v) is 15.0. The van der Waals surface area contributed by atoms with Crippen LogP contribution in [0.5, 0.6) is 0 Å². The summed E-state index contributed by atoms with van der Waals surface area (Å²) in [5.41, 5.74) is 2.57. The quantitative estimate of drug-likeness (QED) is 0.768. The lowest BCUT2D eigenvalue weighted by atomic mass is 10.0. The topological polar surface area (TPSA) is 49.4 Å². The molecule has 132 valence electrons. The Kier molecular flexibility index (Phi) is 5.32. The Morgan fingerprint density at radius 3 is 2.42 bits per heavy atom. The molecule has 3 aromatic carbocycles. The molecule has 0 saturated carbocycles. The van der Waals surface area contributed by atoms with Crippen molar-refractivity contribution in [3.8, 4) is 0 Å². The molecule has 3 aromatic rings. The van der Waals surface area contributed by atoms with Gasteiger partial charge in [-0.05, 0) is 34.9 Å². The lowest BCUT2D eigenvalue weighted by Crippen LogP contribution is -2.38. The summed E-state index contributed by atoms with van der Waals surface area (Å²) in [6, 6.07) is 21.5. The third kappa shape index (κ3) is 3.91. The molecular formula is C22H22N2O2. The summed E-state index contributed by atoms with van der Waals surface area (Å²) in [6.07, 6.45) is 0. The van der Waals surface area contributed by atoms with E-state index in [2.05, 4.69) is 23.5 Å². The van der Waals surface area contributed by atoms with Crippen LogP contribution in [0.2, 0.25) is 0 Å². The molecule has 0 unspecified atom stereocenters. The predicted octanol–water partition coefficient (Wildman–Crippen LogP) is 3.54. The van der Waals surface area contributed by atoms with Gasteiger partial charge in [-0.3, -0.25) is 9.59 Å². The van der Waals surface area contributed by atoms with Gasteiger partial charge in [0, 0.05) is 19.2 Å². The summed E-state index contributed by atoms with van der Waals surface area (Å²) in [4.78, 5) is 26.3. The third-order valence-electron chi connectivity index (χ3n) is 4.50. The van der Waals surface area contributed by atoms with Crippen LogP contribution in [-0.4, -0.2) is 30.3 Å². The molecular weight excluding hydrogens is 324 g/mol. The number of carbonyl (C=O) groups is 2. The van der Waals surface area contributed by atoms with Gasteiger partial charge in [-0.1, -0.05) is 60.7 Å². The number of hydrogen-bond acceptors (Lipinski definition) is 2. The summed E-state index contributed by atoms with van der Waals surface area (Å²) >= 11 is 0. The molecule has 2 amide bonds. The van der Waals surface area contributed by atoms with Crippen LogP contribution in [0.1, 0.15) is 21.5 Å². The van der Waals surface area contributed by atoms with Crippen LogP contribution in [-0.2, 0) is 11.3 Å². The first-order valence-electron chi connectivity index (χ1n) is 8.60. The van der Waals surface area contributed by atoms with Gasteiger partial charge in [-0.25, -0.2) is 0 Å². The molecule has 0 bridgehead atoms. The van der Waals surface area contributed by atoms with E-state index in [1.54, 1.807) is 18.0 Å². The molecule has 26 heavy (non-hydrogen) atoms. The first kappa shape index (κ1) is 17.7. The van der Waals surface area contributed by atoms with E-state index in [4.69, 9.17) is 0 Å². The van der Waals surface area contributed by atoms with Gasteiger partial charge >= 0.3 is 0 Å². The van der Waals surface area contributed by atoms with Gasteiger partial charge < -0.3 is 10.2 Å². The van der Waals surface area contributed by atoms with Gasteiger partial charge in [0.15, 0.2) is 0 Å². The lowest BCUT2D eigenvalue weighted by Gasteiger charge is -2.19. The van der Waals surface area contributed by atoms with Crippen LogP contribution < -0.4 is 5.32 Å². The lowest BCUT2D eigenvalue weighted by molar-refractivity contribution is -0.129. The van der Waals surface area contributed by atoms with Crippen molar-refractivity contribution in [3.05, 3.63) is 83.4 Å². The summed E-state index contributed by atoms with van der Waals surface area (Å²) < 4.78 is 0. The fourth-order valence-electron chi connectivity index (χ4n) is 2.99. The standard InChI is InChI=1S/C22H22N2O2/c1-16-8-3-5-12-19(16)22(26)23-14-21(25)24(2)15-18-11-7-10-17-9-4-6-13-20(17)18/h3-13H,14-15H2,1-2H3,(H,23,26). The summed E-state index contributed by atoms with van der Waals surface area (Å²) in [6.45, 7) is 2.36. The van der Waals surface area contributed by atoms with E-state index in [9.17, 15) is 9.59 Å². The molecule has 0 heterocycles. The summed E-state index contributed by atoms with van der Waals surface area (Å²) in [7, 11) is 1.75. The second kappa shape index (κ2) is 7.83. The number of benzene rings is 3. The van der Waals surface area contributed by atoms with Crippen LogP contribution >= 0.6 is 0 Å². The van der Waals surface area contributed by atoms with Crippen molar-refractivity contribution in [2.24, 2.45) is 0 Å². The molecule has 0 spiro atoms. The second-order valence-corrected chi connectivity index (χ2v) is 6.39. The number of nitrogens with zero attached hydrogens (tertiary/aromatic N) is 1. The van der Waals surface area contributed by atoms with E-state index in [0.29, 0.717) is 12.1 Å². The minimum absolute atomic E-state index is 0.0194. The van der Waals surface area contributed by atoms with Crippen molar-refractivity contribution >= 4 is 22.6 Å². The monoisotopic (exact) mass is 346 g/mol. The average Bonchev–Trinajstić information content (AvgIpc) is 2.66. The molecule has 0 aromatic heterocycles. The van der Waals surface area contributed by atoms with Crippen molar-refractivity contribution in [1.29, 1.82) is 0 Å². The van der Waals surface area contributed by atoms with Gasteiger partial charge in [0.05, 0.1) is 6.54 Å². The van der Waals surface area contributed by atoms with Crippen molar-refractivity contribution in [1.82, 2.24) is 10.2 Å². The summed E-state index contributed by atoms with van der Waals surface area (Å²) in [5.74, 6) is -0.352. The fraction of sp³-hybridized carbons (Fsp3) is 0.182. The van der Waals surface area contributed by atoms with Gasteiger partial charge in [0.2, 0.25) is 5.91 Å². The largest absolute Gasteiger partial charge is 0.343 e. The number of carbonyl (C=O) groups excluding carboxylic acids is 2. The molecule has 0 atom stereocenters. The van der Waals surface area contributed by atoms with Gasteiger partial charge in [-0.2, -0.15) is 0 Å². The maximum Gasteiger partial charge on any atom is 0.251 e. The zero-order chi connectivity index (χ0) is 18.5. The van der Waals surface area contributed by atoms with Gasteiger partial charge in [-0.15, -0.1) is 0 Å². The fourth-order valence-corrected chi connectivity index (χ4v) is 2.99. The molecule has 3 rings (SSSR count).